The molecule has 21 heavy (non-hydrogen) atoms. The monoisotopic (exact) mass is 296 g/mol. The van der Waals surface area contributed by atoms with Crippen LogP contribution in [0, 0.1) is 11.7 Å². The fraction of sp³-hybridized carbons (Fsp3) is 0.538. The van der Waals surface area contributed by atoms with E-state index < -0.39 is 30.4 Å². The SMILES string of the molecule is C[C@H]1[C@H](O)[C@@H]([C@@H](C)O)O[C@H]1n1cc(F)c2c(N)ncnc21. The molecule has 1 aliphatic rings. The van der Waals surface area contributed by atoms with Crippen LogP contribution < -0.4 is 5.73 Å². The highest BCUT2D eigenvalue weighted by molar-refractivity contribution is 5.86. The first-order chi connectivity index (χ1) is 9.91. The lowest BCUT2D eigenvalue weighted by Gasteiger charge is -2.18. The number of hydrogen-bond acceptors (Lipinski definition) is 6. The van der Waals surface area contributed by atoms with Crippen molar-refractivity contribution in [2.75, 3.05) is 5.73 Å². The van der Waals surface area contributed by atoms with Gasteiger partial charge in [0, 0.05) is 12.1 Å². The highest BCUT2D eigenvalue weighted by Crippen LogP contribution is 2.38. The number of aliphatic hydroxyl groups excluding tert-OH is 2. The van der Waals surface area contributed by atoms with Gasteiger partial charge in [-0.2, -0.15) is 0 Å². The van der Waals surface area contributed by atoms with Crippen LogP contribution in [0.25, 0.3) is 11.0 Å². The molecule has 0 unspecified atom stereocenters. The first kappa shape index (κ1) is 14.2. The predicted octanol–water partition coefficient (Wildman–Crippen LogP) is 0.428. The molecule has 3 heterocycles. The molecule has 0 saturated carbocycles. The maximum Gasteiger partial charge on any atom is 0.154 e. The summed E-state index contributed by atoms with van der Waals surface area (Å²) in [4.78, 5) is 7.81. The molecule has 2 aromatic rings. The molecule has 0 spiro atoms. The first-order valence-corrected chi connectivity index (χ1v) is 6.70. The summed E-state index contributed by atoms with van der Waals surface area (Å²) in [5, 5.41) is 19.9. The summed E-state index contributed by atoms with van der Waals surface area (Å²) in [6.07, 6.45) is -0.580. The van der Waals surface area contributed by atoms with E-state index in [-0.39, 0.29) is 17.1 Å². The Labute approximate surface area is 120 Å². The van der Waals surface area contributed by atoms with E-state index in [9.17, 15) is 14.6 Å². The van der Waals surface area contributed by atoms with E-state index in [0.717, 1.165) is 0 Å². The van der Waals surface area contributed by atoms with Crippen molar-refractivity contribution in [3.8, 4) is 0 Å². The van der Waals surface area contributed by atoms with Crippen LogP contribution in [-0.2, 0) is 4.74 Å². The Hall–Kier alpha value is -1.77. The molecule has 0 aliphatic carbocycles. The van der Waals surface area contributed by atoms with E-state index in [2.05, 4.69) is 9.97 Å². The normalized spacial score (nSPS) is 30.9. The van der Waals surface area contributed by atoms with Gasteiger partial charge in [0.2, 0.25) is 0 Å². The van der Waals surface area contributed by atoms with Crippen LogP contribution in [0.1, 0.15) is 20.1 Å². The summed E-state index contributed by atoms with van der Waals surface area (Å²) >= 11 is 0. The van der Waals surface area contributed by atoms with E-state index in [1.54, 1.807) is 6.92 Å². The molecule has 8 heteroatoms. The van der Waals surface area contributed by atoms with Crippen molar-refractivity contribution in [3.05, 3.63) is 18.3 Å². The molecule has 7 nitrogen and oxygen atoms in total. The zero-order valence-electron chi connectivity index (χ0n) is 11.6. The smallest absolute Gasteiger partial charge is 0.154 e. The molecule has 1 saturated heterocycles. The fourth-order valence-corrected chi connectivity index (χ4v) is 2.81. The predicted molar refractivity (Wildman–Crippen MR) is 72.7 cm³/mol. The van der Waals surface area contributed by atoms with Crippen LogP contribution in [0.3, 0.4) is 0 Å². The van der Waals surface area contributed by atoms with Gasteiger partial charge in [-0.3, -0.25) is 0 Å². The number of hydrogen-bond donors (Lipinski definition) is 3. The van der Waals surface area contributed by atoms with Gasteiger partial charge in [-0.05, 0) is 6.92 Å². The third kappa shape index (κ3) is 2.06. The number of nitrogens with zero attached hydrogens (tertiary/aromatic N) is 3. The highest BCUT2D eigenvalue weighted by Gasteiger charge is 2.44. The average molecular weight is 296 g/mol. The van der Waals surface area contributed by atoms with Gasteiger partial charge >= 0.3 is 0 Å². The first-order valence-electron chi connectivity index (χ1n) is 6.70. The number of fused-ring (bicyclic) bond motifs is 1. The quantitative estimate of drug-likeness (QED) is 0.742. The zero-order chi connectivity index (χ0) is 15.3. The van der Waals surface area contributed by atoms with E-state index in [4.69, 9.17) is 10.5 Å². The lowest BCUT2D eigenvalue weighted by atomic mass is 9.99. The standard InChI is InChI=1S/C13H17FN4O3/c1-5-9(20)10(6(2)19)21-13(5)18-3-7(14)8-11(15)16-4-17-12(8)18/h3-6,9-10,13,19-20H,1-2H3,(H2,15,16,17)/t5-,6+,9-,10+,13+/m0/s1. The van der Waals surface area contributed by atoms with E-state index in [0.29, 0.717) is 5.65 Å². The molecule has 114 valence electrons. The van der Waals surface area contributed by atoms with Crippen LogP contribution >= 0.6 is 0 Å². The molecule has 1 aliphatic heterocycles. The second-order valence-electron chi connectivity index (χ2n) is 5.42. The number of nitrogens with two attached hydrogens (primary N) is 1. The highest BCUT2D eigenvalue weighted by atomic mass is 19.1. The number of rotatable bonds is 2. The summed E-state index contributed by atoms with van der Waals surface area (Å²) in [6, 6.07) is 0. The van der Waals surface area contributed by atoms with Gasteiger partial charge < -0.3 is 25.3 Å². The van der Waals surface area contributed by atoms with Crippen LogP contribution in [0.2, 0.25) is 0 Å². The molecule has 1 fully saturated rings. The van der Waals surface area contributed by atoms with Gasteiger partial charge in [-0.25, -0.2) is 14.4 Å². The van der Waals surface area contributed by atoms with Gasteiger partial charge in [0.05, 0.1) is 17.6 Å². The Balaban J connectivity index is 2.08. The van der Waals surface area contributed by atoms with Crippen molar-refractivity contribution in [1.82, 2.24) is 14.5 Å². The van der Waals surface area contributed by atoms with Gasteiger partial charge in [-0.1, -0.05) is 6.92 Å². The topological polar surface area (TPSA) is 106 Å². The molecule has 0 radical (unpaired) electrons. The Morgan fingerprint density at radius 1 is 1.48 bits per heavy atom. The lowest BCUT2D eigenvalue weighted by Crippen LogP contribution is -2.34. The van der Waals surface area contributed by atoms with Crippen LogP contribution in [0.15, 0.2) is 12.5 Å². The van der Waals surface area contributed by atoms with E-state index in [1.165, 1.54) is 24.0 Å². The second kappa shape index (κ2) is 4.90. The third-order valence-corrected chi connectivity index (χ3v) is 3.96. The molecular weight excluding hydrogens is 279 g/mol. The molecule has 2 aromatic heterocycles. The minimum atomic E-state index is -0.852. The van der Waals surface area contributed by atoms with Crippen molar-refractivity contribution >= 4 is 16.9 Å². The number of anilines is 1. The van der Waals surface area contributed by atoms with Gasteiger partial charge in [0.25, 0.3) is 0 Å². The van der Waals surface area contributed by atoms with Gasteiger partial charge in [0.15, 0.2) is 11.5 Å². The number of ether oxygens (including phenoxy) is 1. The second-order valence-corrected chi connectivity index (χ2v) is 5.42. The number of aliphatic hydroxyl groups is 2. The Morgan fingerprint density at radius 3 is 2.81 bits per heavy atom. The van der Waals surface area contributed by atoms with Crippen molar-refractivity contribution in [1.29, 1.82) is 0 Å². The van der Waals surface area contributed by atoms with Crippen molar-refractivity contribution in [2.45, 2.75) is 38.4 Å². The van der Waals surface area contributed by atoms with Crippen molar-refractivity contribution < 1.29 is 19.3 Å². The van der Waals surface area contributed by atoms with Crippen LogP contribution in [0.5, 0.6) is 0 Å². The van der Waals surface area contributed by atoms with Crippen LogP contribution in [0.4, 0.5) is 10.2 Å². The summed E-state index contributed by atoms with van der Waals surface area (Å²) in [5.74, 6) is -0.834. The molecule has 5 atom stereocenters. The maximum absolute atomic E-state index is 14.1. The number of nitrogen functional groups attached to an aromatic ring is 1. The Morgan fingerprint density at radius 2 is 2.19 bits per heavy atom. The van der Waals surface area contributed by atoms with Crippen molar-refractivity contribution in [2.24, 2.45) is 5.92 Å². The molecule has 0 aromatic carbocycles. The number of halogens is 1. The minimum absolute atomic E-state index is 0.0505. The van der Waals surface area contributed by atoms with E-state index >= 15 is 0 Å². The molecule has 4 N–H and O–H groups in total. The molecule has 0 amide bonds. The third-order valence-electron chi connectivity index (χ3n) is 3.96. The Bertz CT molecular complexity index is 675. The molecular formula is C13H17FN4O3. The van der Waals surface area contributed by atoms with Gasteiger partial charge in [0.1, 0.15) is 24.5 Å². The van der Waals surface area contributed by atoms with E-state index in [1.807, 2.05) is 0 Å². The largest absolute Gasteiger partial charge is 0.391 e. The van der Waals surface area contributed by atoms with Crippen LogP contribution in [-0.4, -0.2) is 43.1 Å². The summed E-state index contributed by atoms with van der Waals surface area (Å²) in [6.45, 7) is 3.31. The summed E-state index contributed by atoms with van der Waals surface area (Å²) in [7, 11) is 0. The lowest BCUT2D eigenvalue weighted by molar-refractivity contribution is -0.0756. The fourth-order valence-electron chi connectivity index (χ4n) is 2.81. The number of aromatic nitrogens is 3. The summed E-state index contributed by atoms with van der Waals surface area (Å²) in [5.41, 5.74) is 5.97. The minimum Gasteiger partial charge on any atom is -0.391 e. The van der Waals surface area contributed by atoms with Gasteiger partial charge in [-0.15, -0.1) is 0 Å². The average Bonchev–Trinajstić information content (AvgIpc) is 2.90. The molecule has 3 rings (SSSR count). The maximum atomic E-state index is 14.1. The Kier molecular flexibility index (Phi) is 3.31. The molecule has 0 bridgehead atoms. The summed E-state index contributed by atoms with van der Waals surface area (Å²) < 4.78 is 21.2. The zero-order valence-corrected chi connectivity index (χ0v) is 11.6. The van der Waals surface area contributed by atoms with Crippen molar-refractivity contribution in [3.63, 3.8) is 0 Å².